The van der Waals surface area contributed by atoms with Crippen LogP contribution in [0.4, 0.5) is 13.2 Å². The number of alkyl halides is 3. The molecule has 164 valence electrons. The number of fused-ring (bicyclic) bond motifs is 1. The van der Waals surface area contributed by atoms with E-state index in [1.54, 1.807) is 35.1 Å². The van der Waals surface area contributed by atoms with Gasteiger partial charge >= 0.3 is 6.18 Å². The Morgan fingerprint density at radius 1 is 1.03 bits per heavy atom. The van der Waals surface area contributed by atoms with Crippen LogP contribution in [-0.2, 0) is 22.6 Å². The van der Waals surface area contributed by atoms with Gasteiger partial charge in [-0.05, 0) is 30.3 Å². The Kier molecular flexibility index (Phi) is 5.38. The Morgan fingerprint density at radius 2 is 1.84 bits per heavy atom. The molecule has 0 saturated carbocycles. The largest absolute Gasteiger partial charge is 0.417 e. The molecule has 0 aliphatic heterocycles. The van der Waals surface area contributed by atoms with Crippen molar-refractivity contribution in [2.45, 2.75) is 22.5 Å². The van der Waals surface area contributed by atoms with Crippen molar-refractivity contribution in [3.63, 3.8) is 0 Å². The summed E-state index contributed by atoms with van der Waals surface area (Å²) in [4.78, 5) is 22.9. The van der Waals surface area contributed by atoms with Crippen LogP contribution in [0, 0.1) is 0 Å². The van der Waals surface area contributed by atoms with Gasteiger partial charge in [-0.25, -0.2) is 13.4 Å². The Labute approximate surface area is 179 Å². The molecule has 0 saturated heterocycles. The average molecular weight is 461 g/mol. The van der Waals surface area contributed by atoms with Crippen molar-refractivity contribution < 1.29 is 26.4 Å². The van der Waals surface area contributed by atoms with E-state index >= 15 is 0 Å². The number of hydrogen-bond donors (Lipinski definition) is 1. The lowest BCUT2D eigenvalue weighted by Gasteiger charge is -2.09. The van der Waals surface area contributed by atoms with Crippen molar-refractivity contribution in [2.24, 2.45) is 0 Å². The van der Waals surface area contributed by atoms with E-state index < -0.39 is 26.5 Å². The number of carbonyl (C=O) groups excluding carboxylic acids is 1. The molecule has 0 aromatic carbocycles. The first kappa shape index (κ1) is 21.4. The van der Waals surface area contributed by atoms with Gasteiger partial charge in [-0.2, -0.15) is 13.2 Å². The molecule has 1 N–H and O–H groups in total. The van der Waals surface area contributed by atoms with Crippen LogP contribution < -0.4 is 5.32 Å². The first-order chi connectivity index (χ1) is 15.1. The summed E-state index contributed by atoms with van der Waals surface area (Å²) in [5, 5.41) is 2.67. The van der Waals surface area contributed by atoms with Crippen LogP contribution >= 0.6 is 0 Å². The fraction of sp³-hybridized carbons (Fsp3) is 0.100. The van der Waals surface area contributed by atoms with Crippen molar-refractivity contribution in [3.8, 4) is 0 Å². The van der Waals surface area contributed by atoms with Crippen LogP contribution in [0.2, 0.25) is 0 Å². The number of nitrogens with one attached hydrogen (secondary N) is 1. The quantitative estimate of drug-likeness (QED) is 0.490. The van der Waals surface area contributed by atoms with Crippen molar-refractivity contribution in [1.29, 1.82) is 0 Å². The molecule has 0 spiro atoms. The predicted octanol–water partition coefficient (Wildman–Crippen LogP) is 2.91. The number of amides is 1. The molecule has 4 aromatic rings. The number of hydrogen-bond acceptors (Lipinski definition) is 6. The summed E-state index contributed by atoms with van der Waals surface area (Å²) in [6.07, 6.45) is 2.61. The van der Waals surface area contributed by atoms with Crippen molar-refractivity contribution in [1.82, 2.24) is 24.7 Å². The summed E-state index contributed by atoms with van der Waals surface area (Å²) in [7, 11) is -4.25. The minimum Gasteiger partial charge on any atom is -0.346 e. The van der Waals surface area contributed by atoms with Gasteiger partial charge in [-0.15, -0.1) is 0 Å². The number of rotatable bonds is 5. The Balaban J connectivity index is 1.47. The first-order valence-electron chi connectivity index (χ1n) is 9.08. The molecule has 0 bridgehead atoms. The number of halogens is 3. The summed E-state index contributed by atoms with van der Waals surface area (Å²) < 4.78 is 65.5. The minimum atomic E-state index is -4.72. The van der Waals surface area contributed by atoms with E-state index in [0.29, 0.717) is 29.2 Å². The van der Waals surface area contributed by atoms with Crippen molar-refractivity contribution in [3.05, 3.63) is 84.3 Å². The molecule has 0 aliphatic carbocycles. The number of aromatic nitrogens is 4. The normalized spacial score (nSPS) is 12.1. The van der Waals surface area contributed by atoms with Gasteiger partial charge in [0.25, 0.3) is 5.91 Å². The molecule has 8 nitrogen and oxygen atoms in total. The Bertz CT molecular complexity index is 1400. The van der Waals surface area contributed by atoms with Gasteiger partial charge in [0, 0.05) is 37.2 Å². The summed E-state index contributed by atoms with van der Waals surface area (Å²) in [6, 6.07) is 6.40. The van der Waals surface area contributed by atoms with E-state index in [1.165, 1.54) is 12.1 Å². The highest BCUT2D eigenvalue weighted by Crippen LogP contribution is 2.31. The minimum absolute atomic E-state index is 0.0201. The topological polar surface area (TPSA) is 106 Å². The van der Waals surface area contributed by atoms with E-state index in [4.69, 9.17) is 0 Å². The second kappa shape index (κ2) is 8.04. The maximum Gasteiger partial charge on any atom is 0.417 e. The molecule has 0 fully saturated rings. The number of nitrogens with zero attached hydrogens (tertiary/aromatic N) is 4. The third-order valence-corrected chi connectivity index (χ3v) is 6.25. The first-order valence-corrected chi connectivity index (χ1v) is 10.6. The molecule has 0 unspecified atom stereocenters. The highest BCUT2D eigenvalue weighted by Gasteiger charge is 2.32. The van der Waals surface area contributed by atoms with Crippen LogP contribution in [0.5, 0.6) is 0 Å². The lowest BCUT2D eigenvalue weighted by molar-refractivity contribution is -0.138. The highest BCUT2D eigenvalue weighted by molar-refractivity contribution is 7.91. The van der Waals surface area contributed by atoms with Crippen LogP contribution in [0.3, 0.4) is 0 Å². The predicted molar refractivity (Wildman–Crippen MR) is 105 cm³/mol. The molecule has 0 aliphatic rings. The molecule has 0 atom stereocenters. The fourth-order valence-electron chi connectivity index (χ4n) is 2.86. The number of carbonyl (C=O) groups is 1. The zero-order valence-electron chi connectivity index (χ0n) is 16.1. The number of sulfone groups is 1. The van der Waals surface area contributed by atoms with Crippen molar-refractivity contribution >= 4 is 21.4 Å². The monoisotopic (exact) mass is 461 g/mol. The fourth-order valence-corrected chi connectivity index (χ4v) is 4.05. The standard InChI is InChI=1S/C20H14F3N5O3S/c21-20(22,23)14-7-17(10-24-8-14)32(30,31)16-3-2-15(26-11-16)9-27-19(29)13-1-4-18-25-5-6-28(18)12-13/h1-8,10-12H,9H2,(H,27,29). The van der Waals surface area contributed by atoms with E-state index in [2.05, 4.69) is 20.3 Å². The van der Waals surface area contributed by atoms with Crippen LogP contribution in [0.1, 0.15) is 21.6 Å². The van der Waals surface area contributed by atoms with E-state index in [0.717, 1.165) is 12.4 Å². The lowest BCUT2D eigenvalue weighted by Crippen LogP contribution is -2.23. The molecule has 4 aromatic heterocycles. The SMILES string of the molecule is O=C(NCc1ccc(S(=O)(=O)c2cncc(C(F)(F)F)c2)cn1)c1ccc2nccn2c1. The second-order valence-electron chi connectivity index (χ2n) is 6.69. The van der Waals surface area contributed by atoms with E-state index in [-0.39, 0.29) is 17.3 Å². The maximum absolute atomic E-state index is 12.9. The van der Waals surface area contributed by atoms with E-state index in [9.17, 15) is 26.4 Å². The summed E-state index contributed by atoms with van der Waals surface area (Å²) in [6.45, 7) is 0.0201. The zero-order valence-corrected chi connectivity index (χ0v) is 16.9. The molecule has 1 amide bonds. The van der Waals surface area contributed by atoms with Crippen LogP contribution in [-0.4, -0.2) is 33.7 Å². The molecular formula is C20H14F3N5O3S. The zero-order chi connectivity index (χ0) is 22.9. The average Bonchev–Trinajstić information content (AvgIpc) is 3.25. The van der Waals surface area contributed by atoms with Gasteiger partial charge in [-0.3, -0.25) is 14.8 Å². The molecule has 32 heavy (non-hydrogen) atoms. The van der Waals surface area contributed by atoms with Gasteiger partial charge in [0.2, 0.25) is 9.84 Å². The molecular weight excluding hydrogens is 447 g/mol. The number of imidazole rings is 1. The summed E-state index contributed by atoms with van der Waals surface area (Å²) in [5.41, 5.74) is 0.283. The lowest BCUT2D eigenvalue weighted by atomic mass is 10.2. The smallest absolute Gasteiger partial charge is 0.346 e. The highest BCUT2D eigenvalue weighted by atomic mass is 32.2. The summed E-state index contributed by atoms with van der Waals surface area (Å²) in [5.74, 6) is -0.367. The van der Waals surface area contributed by atoms with Gasteiger partial charge in [0.15, 0.2) is 0 Å². The molecule has 4 rings (SSSR count). The van der Waals surface area contributed by atoms with Crippen LogP contribution in [0.25, 0.3) is 5.65 Å². The summed E-state index contributed by atoms with van der Waals surface area (Å²) >= 11 is 0. The Hall–Kier alpha value is -3.80. The van der Waals surface area contributed by atoms with Gasteiger partial charge in [0.1, 0.15) is 5.65 Å². The third kappa shape index (κ3) is 4.30. The second-order valence-corrected chi connectivity index (χ2v) is 8.64. The van der Waals surface area contributed by atoms with E-state index in [1.807, 2.05) is 0 Å². The third-order valence-electron chi connectivity index (χ3n) is 4.54. The molecule has 4 heterocycles. The van der Waals surface area contributed by atoms with Crippen molar-refractivity contribution in [2.75, 3.05) is 0 Å². The Morgan fingerprint density at radius 3 is 2.56 bits per heavy atom. The molecule has 0 radical (unpaired) electrons. The van der Waals surface area contributed by atoms with Gasteiger partial charge < -0.3 is 9.72 Å². The van der Waals surface area contributed by atoms with Gasteiger partial charge in [-0.1, -0.05) is 0 Å². The van der Waals surface area contributed by atoms with Gasteiger partial charge in [0.05, 0.1) is 33.2 Å². The van der Waals surface area contributed by atoms with Crippen LogP contribution in [0.15, 0.2) is 77.3 Å². The molecule has 12 heteroatoms. The number of pyridine rings is 3. The maximum atomic E-state index is 12.9.